The Morgan fingerprint density at radius 3 is 2.03 bits per heavy atom. The second kappa shape index (κ2) is 10.3. The van der Waals surface area contributed by atoms with Gasteiger partial charge in [-0.2, -0.15) is 5.26 Å². The standard InChI is InChI=1S/C29H25BrN4O/c30-25-12-7-13-26(20-25)34-15-14-24(21-31)28(34)29(35)33-18-16-32(17-19-33)27(22-8-3-1-4-9-22)23-10-5-2-6-11-23/h1-15,20,27H,16-19H2. The number of amides is 1. The zero-order valence-electron chi connectivity index (χ0n) is 19.2. The number of nitriles is 1. The highest BCUT2D eigenvalue weighted by atomic mass is 79.9. The van der Waals surface area contributed by atoms with Crippen LogP contribution >= 0.6 is 15.9 Å². The minimum atomic E-state index is -0.109. The molecule has 0 N–H and O–H groups in total. The van der Waals surface area contributed by atoms with Gasteiger partial charge < -0.3 is 9.47 Å². The average molecular weight is 525 g/mol. The first kappa shape index (κ1) is 23.1. The van der Waals surface area contributed by atoms with Gasteiger partial charge in [-0.3, -0.25) is 9.69 Å². The molecule has 0 aliphatic carbocycles. The quantitative estimate of drug-likeness (QED) is 0.338. The van der Waals surface area contributed by atoms with Gasteiger partial charge >= 0.3 is 0 Å². The summed E-state index contributed by atoms with van der Waals surface area (Å²) >= 11 is 3.50. The van der Waals surface area contributed by atoms with Crippen molar-refractivity contribution in [2.45, 2.75) is 6.04 Å². The number of piperazine rings is 1. The third kappa shape index (κ3) is 4.79. The molecule has 3 aromatic carbocycles. The van der Waals surface area contributed by atoms with Crippen LogP contribution in [0.2, 0.25) is 0 Å². The summed E-state index contributed by atoms with van der Waals surface area (Å²) < 4.78 is 2.73. The molecule has 0 atom stereocenters. The lowest BCUT2D eigenvalue weighted by Crippen LogP contribution is -2.50. The van der Waals surface area contributed by atoms with E-state index in [4.69, 9.17) is 0 Å². The highest BCUT2D eigenvalue weighted by Crippen LogP contribution is 2.30. The number of carbonyl (C=O) groups excluding carboxylic acids is 1. The van der Waals surface area contributed by atoms with Crippen LogP contribution in [0.5, 0.6) is 0 Å². The van der Waals surface area contributed by atoms with E-state index in [0.717, 1.165) is 23.2 Å². The average Bonchev–Trinajstić information content (AvgIpc) is 3.34. The highest BCUT2D eigenvalue weighted by Gasteiger charge is 2.30. The van der Waals surface area contributed by atoms with Crippen molar-refractivity contribution in [2.75, 3.05) is 26.2 Å². The molecule has 1 amide bonds. The molecular formula is C29H25BrN4O. The van der Waals surface area contributed by atoms with Crippen molar-refractivity contribution < 1.29 is 4.79 Å². The summed E-state index contributed by atoms with van der Waals surface area (Å²) in [5, 5.41) is 9.70. The summed E-state index contributed by atoms with van der Waals surface area (Å²) in [6.45, 7) is 2.70. The molecule has 2 heterocycles. The first-order valence-electron chi connectivity index (χ1n) is 11.7. The first-order valence-corrected chi connectivity index (χ1v) is 12.5. The smallest absolute Gasteiger partial charge is 0.272 e. The van der Waals surface area contributed by atoms with E-state index < -0.39 is 0 Å². The van der Waals surface area contributed by atoms with E-state index in [1.165, 1.54) is 11.1 Å². The number of carbonyl (C=O) groups is 1. The van der Waals surface area contributed by atoms with Crippen LogP contribution in [0.4, 0.5) is 0 Å². The molecule has 0 radical (unpaired) electrons. The molecule has 174 valence electrons. The fourth-order valence-electron chi connectivity index (χ4n) is 4.80. The Balaban J connectivity index is 1.39. The van der Waals surface area contributed by atoms with Gasteiger partial charge in [-0.1, -0.05) is 82.7 Å². The number of hydrogen-bond donors (Lipinski definition) is 0. The van der Waals surface area contributed by atoms with Gasteiger partial charge in [0.05, 0.1) is 11.6 Å². The molecule has 35 heavy (non-hydrogen) atoms. The monoisotopic (exact) mass is 524 g/mol. The van der Waals surface area contributed by atoms with Crippen LogP contribution in [-0.4, -0.2) is 46.5 Å². The van der Waals surface area contributed by atoms with Gasteiger partial charge in [-0.15, -0.1) is 0 Å². The van der Waals surface area contributed by atoms with Crippen LogP contribution in [0.15, 0.2) is 102 Å². The topological polar surface area (TPSA) is 52.3 Å². The Hall–Kier alpha value is -3.66. The molecule has 1 saturated heterocycles. The normalized spacial score (nSPS) is 14.1. The number of hydrogen-bond acceptors (Lipinski definition) is 3. The predicted octanol–water partition coefficient (Wildman–Crippen LogP) is 5.66. The van der Waals surface area contributed by atoms with E-state index >= 15 is 0 Å². The van der Waals surface area contributed by atoms with Crippen molar-refractivity contribution >= 4 is 21.8 Å². The minimum Gasteiger partial charge on any atom is -0.335 e. The number of aromatic nitrogens is 1. The molecule has 5 rings (SSSR count). The summed E-state index contributed by atoms with van der Waals surface area (Å²) in [5.74, 6) is -0.109. The summed E-state index contributed by atoms with van der Waals surface area (Å²) in [7, 11) is 0. The van der Waals surface area contributed by atoms with Crippen molar-refractivity contribution in [1.29, 1.82) is 5.26 Å². The predicted molar refractivity (Wildman–Crippen MR) is 140 cm³/mol. The summed E-state index contributed by atoms with van der Waals surface area (Å²) in [5.41, 5.74) is 4.14. The van der Waals surface area contributed by atoms with Gasteiger partial charge in [0.15, 0.2) is 0 Å². The molecule has 1 aromatic heterocycles. The van der Waals surface area contributed by atoms with Crippen molar-refractivity contribution in [3.63, 3.8) is 0 Å². The van der Waals surface area contributed by atoms with Gasteiger partial charge in [0, 0.05) is 42.5 Å². The van der Waals surface area contributed by atoms with Crippen molar-refractivity contribution in [3.8, 4) is 11.8 Å². The van der Waals surface area contributed by atoms with E-state index in [-0.39, 0.29) is 11.9 Å². The van der Waals surface area contributed by atoms with Crippen LogP contribution in [0.3, 0.4) is 0 Å². The van der Waals surface area contributed by atoms with Gasteiger partial charge in [0.2, 0.25) is 0 Å². The Morgan fingerprint density at radius 1 is 0.829 bits per heavy atom. The maximum Gasteiger partial charge on any atom is 0.272 e. The number of nitrogens with zero attached hydrogens (tertiary/aromatic N) is 4. The maximum absolute atomic E-state index is 13.7. The molecule has 1 aliphatic rings. The SMILES string of the molecule is N#Cc1ccn(-c2cccc(Br)c2)c1C(=O)N1CCN(C(c2ccccc2)c2ccccc2)CC1. The van der Waals surface area contributed by atoms with E-state index in [1.54, 1.807) is 12.3 Å². The van der Waals surface area contributed by atoms with E-state index in [9.17, 15) is 10.1 Å². The van der Waals surface area contributed by atoms with E-state index in [0.29, 0.717) is 24.3 Å². The molecule has 0 spiro atoms. The Morgan fingerprint density at radius 2 is 1.46 bits per heavy atom. The van der Waals surface area contributed by atoms with Gasteiger partial charge in [-0.25, -0.2) is 0 Å². The molecule has 0 unspecified atom stereocenters. The molecule has 5 nitrogen and oxygen atoms in total. The molecule has 0 bridgehead atoms. The van der Waals surface area contributed by atoms with Crippen LogP contribution < -0.4 is 0 Å². The fraction of sp³-hybridized carbons (Fsp3) is 0.172. The Labute approximate surface area is 214 Å². The van der Waals surface area contributed by atoms with E-state index in [2.05, 4.69) is 75.4 Å². The zero-order chi connectivity index (χ0) is 24.2. The summed E-state index contributed by atoms with van der Waals surface area (Å²) in [4.78, 5) is 18.0. The van der Waals surface area contributed by atoms with Crippen molar-refractivity contribution in [2.24, 2.45) is 0 Å². The lowest BCUT2D eigenvalue weighted by Gasteiger charge is -2.40. The van der Waals surface area contributed by atoms with Gasteiger partial charge in [-0.05, 0) is 35.4 Å². The molecule has 1 aliphatic heterocycles. The number of benzene rings is 3. The van der Waals surface area contributed by atoms with Crippen molar-refractivity contribution in [1.82, 2.24) is 14.4 Å². The highest BCUT2D eigenvalue weighted by molar-refractivity contribution is 9.10. The fourth-order valence-corrected chi connectivity index (χ4v) is 5.19. The lowest BCUT2D eigenvalue weighted by molar-refractivity contribution is 0.0589. The Bertz CT molecular complexity index is 1310. The summed E-state index contributed by atoms with van der Waals surface area (Å²) in [6, 6.07) is 32.8. The molecule has 6 heteroatoms. The van der Waals surface area contributed by atoms with Crippen LogP contribution in [0, 0.1) is 11.3 Å². The second-order valence-corrected chi connectivity index (χ2v) is 9.51. The van der Waals surface area contributed by atoms with Crippen LogP contribution in [-0.2, 0) is 0 Å². The summed E-state index contributed by atoms with van der Waals surface area (Å²) in [6.07, 6.45) is 1.80. The number of rotatable bonds is 5. The van der Waals surface area contributed by atoms with Crippen LogP contribution in [0.25, 0.3) is 5.69 Å². The van der Waals surface area contributed by atoms with Gasteiger partial charge in [0.1, 0.15) is 11.8 Å². The molecule has 4 aromatic rings. The molecule has 0 saturated carbocycles. The molecular weight excluding hydrogens is 500 g/mol. The van der Waals surface area contributed by atoms with Crippen molar-refractivity contribution in [3.05, 3.63) is 124 Å². The third-order valence-electron chi connectivity index (χ3n) is 6.49. The third-order valence-corrected chi connectivity index (χ3v) is 6.99. The second-order valence-electron chi connectivity index (χ2n) is 8.59. The Kier molecular flexibility index (Phi) is 6.80. The first-order chi connectivity index (χ1) is 17.2. The largest absolute Gasteiger partial charge is 0.335 e. The van der Waals surface area contributed by atoms with Gasteiger partial charge in [0.25, 0.3) is 5.91 Å². The maximum atomic E-state index is 13.7. The lowest BCUT2D eigenvalue weighted by atomic mass is 9.96. The minimum absolute atomic E-state index is 0.109. The zero-order valence-corrected chi connectivity index (χ0v) is 20.8. The number of halogens is 1. The van der Waals surface area contributed by atoms with Crippen LogP contribution in [0.1, 0.15) is 33.2 Å². The van der Waals surface area contributed by atoms with E-state index in [1.807, 2.05) is 45.9 Å². The molecule has 1 fully saturated rings.